The highest BCUT2D eigenvalue weighted by Gasteiger charge is 2.11. The van der Waals surface area contributed by atoms with Crippen molar-refractivity contribution in [1.82, 2.24) is 0 Å². The number of hydrogen-bond acceptors (Lipinski definition) is 6. The van der Waals surface area contributed by atoms with Gasteiger partial charge in [0, 0.05) is 0 Å². The van der Waals surface area contributed by atoms with Gasteiger partial charge in [0.1, 0.15) is 23.3 Å². The molecule has 0 aromatic heterocycles. The Hall–Kier alpha value is -3.38. The smallest absolute Gasteiger partial charge is 0.348 e. The van der Waals surface area contributed by atoms with Gasteiger partial charge in [-0.1, -0.05) is 18.2 Å². The van der Waals surface area contributed by atoms with Crippen LogP contribution in [0.2, 0.25) is 0 Å². The van der Waals surface area contributed by atoms with Crippen LogP contribution < -0.4 is 0 Å². The van der Waals surface area contributed by atoms with Crippen LogP contribution in [0.4, 0.5) is 0 Å². The molecule has 0 radical (unpaired) electrons. The van der Waals surface area contributed by atoms with Gasteiger partial charge in [0.05, 0.1) is 13.2 Å². The summed E-state index contributed by atoms with van der Waals surface area (Å²) >= 11 is 0. The quantitative estimate of drug-likeness (QED) is 0.453. The second-order valence-electron chi connectivity index (χ2n) is 4.45. The summed E-state index contributed by atoms with van der Waals surface area (Å²) in [5.74, 6) is -1.41. The first-order chi connectivity index (χ1) is 11.5. The summed E-state index contributed by atoms with van der Waals surface area (Å²) in [4.78, 5) is 23.2. The first-order valence-corrected chi connectivity index (χ1v) is 7.23. The van der Waals surface area contributed by atoms with Crippen LogP contribution in [0, 0.1) is 22.7 Å². The summed E-state index contributed by atoms with van der Waals surface area (Å²) in [5.41, 5.74) is 0.858. The zero-order chi connectivity index (χ0) is 17.9. The van der Waals surface area contributed by atoms with E-state index in [1.165, 1.54) is 12.2 Å². The van der Waals surface area contributed by atoms with Gasteiger partial charge in [-0.05, 0) is 43.2 Å². The van der Waals surface area contributed by atoms with Crippen molar-refractivity contribution in [2.45, 2.75) is 13.8 Å². The second-order valence-corrected chi connectivity index (χ2v) is 4.45. The van der Waals surface area contributed by atoms with E-state index in [0.717, 1.165) is 0 Å². The minimum absolute atomic E-state index is 0.135. The first kappa shape index (κ1) is 18.7. The molecule has 0 saturated heterocycles. The lowest BCUT2D eigenvalue weighted by Gasteiger charge is -2.02. The van der Waals surface area contributed by atoms with Gasteiger partial charge in [0.25, 0.3) is 0 Å². The molecule has 0 N–H and O–H groups in total. The van der Waals surface area contributed by atoms with E-state index < -0.39 is 11.9 Å². The van der Waals surface area contributed by atoms with Gasteiger partial charge in [-0.25, -0.2) is 9.59 Å². The number of carbonyl (C=O) groups is 2. The third-order valence-electron chi connectivity index (χ3n) is 2.76. The van der Waals surface area contributed by atoms with Crippen LogP contribution in [0.5, 0.6) is 0 Å². The number of rotatable bonds is 6. The maximum atomic E-state index is 11.6. The van der Waals surface area contributed by atoms with Gasteiger partial charge in [-0.2, -0.15) is 10.5 Å². The minimum atomic E-state index is -0.704. The lowest BCUT2D eigenvalue weighted by Crippen LogP contribution is -2.06. The largest absolute Gasteiger partial charge is 0.462 e. The molecule has 0 atom stereocenters. The average molecular weight is 324 g/mol. The Bertz CT molecular complexity index is 703. The predicted octanol–water partition coefficient (Wildman–Crippen LogP) is 2.63. The molecule has 6 heteroatoms. The van der Waals surface area contributed by atoms with E-state index in [9.17, 15) is 9.59 Å². The summed E-state index contributed by atoms with van der Waals surface area (Å²) in [5, 5.41) is 18.1. The number of carbonyl (C=O) groups excluding carboxylic acids is 2. The van der Waals surface area contributed by atoms with Crippen molar-refractivity contribution in [3.63, 3.8) is 0 Å². The molecule has 0 aliphatic rings. The third-order valence-corrected chi connectivity index (χ3v) is 2.76. The minimum Gasteiger partial charge on any atom is -0.462 e. The van der Waals surface area contributed by atoms with Crippen molar-refractivity contribution in [3.05, 3.63) is 46.5 Å². The molecular formula is C18H16N2O4. The highest BCUT2D eigenvalue weighted by atomic mass is 16.5. The SMILES string of the molecule is CCOC(=O)C(C#N)=Cc1cccc(C=C(C#N)C(=O)OCC)c1. The Morgan fingerprint density at radius 3 is 1.71 bits per heavy atom. The van der Waals surface area contributed by atoms with Crippen molar-refractivity contribution in [2.75, 3.05) is 13.2 Å². The fourth-order valence-electron chi connectivity index (χ4n) is 1.76. The van der Waals surface area contributed by atoms with Crippen LogP contribution in [-0.4, -0.2) is 25.2 Å². The van der Waals surface area contributed by atoms with E-state index in [0.29, 0.717) is 11.1 Å². The zero-order valence-corrected chi connectivity index (χ0v) is 13.4. The molecule has 0 spiro atoms. The van der Waals surface area contributed by atoms with Gasteiger partial charge < -0.3 is 9.47 Å². The Morgan fingerprint density at radius 2 is 1.38 bits per heavy atom. The molecule has 0 unspecified atom stereocenters. The molecule has 0 saturated carbocycles. The molecule has 1 aromatic rings. The van der Waals surface area contributed by atoms with E-state index in [1.807, 2.05) is 0 Å². The summed E-state index contributed by atoms with van der Waals surface area (Å²) in [7, 11) is 0. The average Bonchev–Trinajstić information content (AvgIpc) is 2.58. The molecule has 6 nitrogen and oxygen atoms in total. The van der Waals surface area contributed by atoms with E-state index in [4.69, 9.17) is 20.0 Å². The number of nitriles is 2. The van der Waals surface area contributed by atoms with Crippen molar-refractivity contribution in [3.8, 4) is 12.1 Å². The monoisotopic (exact) mass is 324 g/mol. The molecule has 1 aromatic carbocycles. The third kappa shape index (κ3) is 5.43. The molecule has 1 rings (SSSR count). The van der Waals surface area contributed by atoms with Crippen molar-refractivity contribution < 1.29 is 19.1 Å². The topological polar surface area (TPSA) is 100 Å². The molecule has 0 bridgehead atoms. The number of ether oxygens (including phenoxy) is 2. The van der Waals surface area contributed by atoms with Gasteiger partial charge in [0.15, 0.2) is 0 Å². The van der Waals surface area contributed by atoms with Crippen LogP contribution in [0.25, 0.3) is 12.2 Å². The van der Waals surface area contributed by atoms with E-state index in [-0.39, 0.29) is 24.4 Å². The van der Waals surface area contributed by atoms with Crippen LogP contribution in [0.3, 0.4) is 0 Å². The number of nitrogens with zero attached hydrogens (tertiary/aromatic N) is 2. The maximum Gasteiger partial charge on any atom is 0.348 e. The zero-order valence-electron chi connectivity index (χ0n) is 13.4. The van der Waals surface area contributed by atoms with Crippen molar-refractivity contribution in [1.29, 1.82) is 10.5 Å². The van der Waals surface area contributed by atoms with Gasteiger partial charge in [0.2, 0.25) is 0 Å². The summed E-state index contributed by atoms with van der Waals surface area (Å²) in [6, 6.07) is 10.3. The summed E-state index contributed by atoms with van der Waals surface area (Å²) in [6.07, 6.45) is 2.76. The summed E-state index contributed by atoms with van der Waals surface area (Å²) < 4.78 is 9.58. The van der Waals surface area contributed by atoms with Crippen LogP contribution in [-0.2, 0) is 19.1 Å². The van der Waals surface area contributed by atoms with Crippen LogP contribution >= 0.6 is 0 Å². The first-order valence-electron chi connectivity index (χ1n) is 7.23. The van der Waals surface area contributed by atoms with E-state index in [1.54, 1.807) is 50.3 Å². The van der Waals surface area contributed by atoms with Gasteiger partial charge in [-0.15, -0.1) is 0 Å². The lowest BCUT2D eigenvalue weighted by atomic mass is 10.1. The number of benzene rings is 1. The Balaban J connectivity index is 3.15. The van der Waals surface area contributed by atoms with Crippen LogP contribution in [0.1, 0.15) is 25.0 Å². The molecule has 0 aliphatic heterocycles. The normalized spacial score (nSPS) is 11.2. The molecule has 122 valence electrons. The standard InChI is InChI=1S/C18H16N2O4/c1-3-23-17(21)15(11-19)9-13-6-5-7-14(8-13)10-16(12-20)18(22)24-4-2/h5-10H,3-4H2,1-2H3. The fourth-order valence-corrected chi connectivity index (χ4v) is 1.76. The summed E-state index contributed by atoms with van der Waals surface area (Å²) in [6.45, 7) is 3.64. The Kier molecular flexibility index (Phi) is 7.47. The van der Waals surface area contributed by atoms with Crippen molar-refractivity contribution in [2.24, 2.45) is 0 Å². The molecule has 0 aliphatic carbocycles. The molecular weight excluding hydrogens is 308 g/mol. The Morgan fingerprint density at radius 1 is 0.958 bits per heavy atom. The molecule has 0 fully saturated rings. The Labute approximate surface area is 140 Å². The molecule has 0 heterocycles. The highest BCUT2D eigenvalue weighted by Crippen LogP contribution is 2.14. The number of esters is 2. The number of hydrogen-bond donors (Lipinski definition) is 0. The second kappa shape index (κ2) is 9.60. The lowest BCUT2D eigenvalue weighted by molar-refractivity contribution is -0.138. The van der Waals surface area contributed by atoms with Gasteiger partial charge >= 0.3 is 11.9 Å². The van der Waals surface area contributed by atoms with E-state index >= 15 is 0 Å². The molecule has 24 heavy (non-hydrogen) atoms. The van der Waals surface area contributed by atoms with Crippen molar-refractivity contribution >= 4 is 24.1 Å². The maximum absolute atomic E-state index is 11.6. The molecule has 0 amide bonds. The van der Waals surface area contributed by atoms with Gasteiger partial charge in [-0.3, -0.25) is 0 Å². The fraction of sp³-hybridized carbons (Fsp3) is 0.222. The van der Waals surface area contributed by atoms with Crippen LogP contribution in [0.15, 0.2) is 35.4 Å². The predicted molar refractivity (Wildman–Crippen MR) is 86.9 cm³/mol. The van der Waals surface area contributed by atoms with E-state index in [2.05, 4.69) is 0 Å². The highest BCUT2D eigenvalue weighted by molar-refractivity contribution is 5.99.